The zero-order chi connectivity index (χ0) is 15.7. The Labute approximate surface area is 128 Å². The van der Waals surface area contributed by atoms with Gasteiger partial charge < -0.3 is 9.55 Å². The van der Waals surface area contributed by atoms with E-state index >= 15 is 0 Å². The minimum atomic E-state index is -3.18. The average molecular weight is 319 g/mol. The molecule has 0 bridgehead atoms. The standard InChI is InChI=1S/C14H17N5O2S/c1-3-22(20,21)18-7-4-10(2)19-9-17-12-8-16-14-11(13(12)19)5-6-15-14/h5-6,8-9,18H,2-4,7H2,1H3,(H,15,16). The van der Waals surface area contributed by atoms with Crippen molar-refractivity contribution in [3.8, 4) is 0 Å². The SMILES string of the molecule is C=C(CCNS(=O)(=O)CC)n1cnc2cnc3[nH]ccc3c21. The van der Waals surface area contributed by atoms with Gasteiger partial charge in [0.05, 0.1) is 17.5 Å². The van der Waals surface area contributed by atoms with Crippen molar-refractivity contribution in [1.29, 1.82) is 0 Å². The number of nitrogens with zero attached hydrogens (tertiary/aromatic N) is 3. The van der Waals surface area contributed by atoms with Crippen LogP contribution in [0.25, 0.3) is 27.8 Å². The molecule has 3 heterocycles. The van der Waals surface area contributed by atoms with Crippen molar-refractivity contribution in [1.82, 2.24) is 24.2 Å². The molecule has 116 valence electrons. The summed E-state index contributed by atoms with van der Waals surface area (Å²) in [7, 11) is -3.18. The van der Waals surface area contributed by atoms with Crippen LogP contribution in [0.3, 0.4) is 0 Å². The molecule has 0 amide bonds. The van der Waals surface area contributed by atoms with Crippen LogP contribution in [0.2, 0.25) is 0 Å². The molecule has 3 aromatic heterocycles. The minimum Gasteiger partial charge on any atom is -0.346 e. The van der Waals surface area contributed by atoms with Crippen molar-refractivity contribution in [3.05, 3.63) is 31.4 Å². The first-order chi connectivity index (χ1) is 10.5. The first-order valence-electron chi connectivity index (χ1n) is 6.96. The fraction of sp³-hybridized carbons (Fsp3) is 0.286. The average Bonchev–Trinajstić information content (AvgIpc) is 3.12. The molecule has 0 spiro atoms. The Morgan fingerprint density at radius 3 is 3.05 bits per heavy atom. The lowest BCUT2D eigenvalue weighted by atomic mass is 10.2. The van der Waals surface area contributed by atoms with E-state index in [0.29, 0.717) is 13.0 Å². The van der Waals surface area contributed by atoms with Crippen molar-refractivity contribution in [2.45, 2.75) is 13.3 Å². The van der Waals surface area contributed by atoms with Crippen LogP contribution in [-0.4, -0.2) is 40.2 Å². The maximum atomic E-state index is 11.4. The van der Waals surface area contributed by atoms with Gasteiger partial charge in [0, 0.05) is 30.2 Å². The molecule has 0 saturated heterocycles. The van der Waals surface area contributed by atoms with E-state index in [1.54, 1.807) is 19.4 Å². The van der Waals surface area contributed by atoms with Crippen molar-refractivity contribution in [3.63, 3.8) is 0 Å². The third-order valence-electron chi connectivity index (χ3n) is 3.55. The zero-order valence-electron chi connectivity index (χ0n) is 12.2. The van der Waals surface area contributed by atoms with Crippen LogP contribution in [0.4, 0.5) is 0 Å². The molecule has 0 unspecified atom stereocenters. The number of hydrogen-bond donors (Lipinski definition) is 2. The molecule has 0 radical (unpaired) electrons. The summed E-state index contributed by atoms with van der Waals surface area (Å²) < 4.78 is 27.3. The first-order valence-corrected chi connectivity index (χ1v) is 8.61. The molecule has 3 rings (SSSR count). The second-order valence-corrected chi connectivity index (χ2v) is 7.06. The molecule has 0 aliphatic rings. The molecule has 0 atom stereocenters. The summed E-state index contributed by atoms with van der Waals surface area (Å²) in [4.78, 5) is 11.7. The number of aromatic amines is 1. The topological polar surface area (TPSA) is 92.7 Å². The summed E-state index contributed by atoms with van der Waals surface area (Å²) in [5, 5.41) is 0.963. The zero-order valence-corrected chi connectivity index (χ0v) is 13.0. The minimum absolute atomic E-state index is 0.0725. The molecule has 0 aliphatic heterocycles. The van der Waals surface area contributed by atoms with Gasteiger partial charge in [0.1, 0.15) is 17.5 Å². The van der Waals surface area contributed by atoms with Crippen LogP contribution < -0.4 is 4.72 Å². The third kappa shape index (κ3) is 2.62. The quantitative estimate of drug-likeness (QED) is 0.723. The van der Waals surface area contributed by atoms with Gasteiger partial charge in [-0.2, -0.15) is 0 Å². The Morgan fingerprint density at radius 2 is 2.27 bits per heavy atom. The number of pyridine rings is 1. The highest BCUT2D eigenvalue weighted by Gasteiger charge is 2.12. The van der Waals surface area contributed by atoms with Gasteiger partial charge in [0.15, 0.2) is 0 Å². The van der Waals surface area contributed by atoms with Crippen LogP contribution in [0.5, 0.6) is 0 Å². The predicted molar refractivity (Wildman–Crippen MR) is 86.8 cm³/mol. The van der Waals surface area contributed by atoms with Crippen LogP contribution in [0.1, 0.15) is 13.3 Å². The summed E-state index contributed by atoms with van der Waals surface area (Å²) in [5.74, 6) is 0.0725. The third-order valence-corrected chi connectivity index (χ3v) is 4.95. The smallest absolute Gasteiger partial charge is 0.211 e. The number of rotatable bonds is 6. The molecule has 8 heteroatoms. The monoisotopic (exact) mass is 319 g/mol. The van der Waals surface area contributed by atoms with Crippen LogP contribution in [0, 0.1) is 0 Å². The Kier molecular flexibility index (Phi) is 3.71. The van der Waals surface area contributed by atoms with Gasteiger partial charge in [-0.3, -0.25) is 0 Å². The van der Waals surface area contributed by atoms with E-state index in [1.165, 1.54) is 0 Å². The Hall–Kier alpha value is -2.19. The van der Waals surface area contributed by atoms with Gasteiger partial charge in [0.2, 0.25) is 10.0 Å². The molecule has 0 fully saturated rings. The van der Waals surface area contributed by atoms with Gasteiger partial charge in [-0.05, 0) is 13.0 Å². The maximum Gasteiger partial charge on any atom is 0.211 e. The summed E-state index contributed by atoms with van der Waals surface area (Å²) in [5.41, 5.74) is 3.26. The van der Waals surface area contributed by atoms with Crippen molar-refractivity contribution < 1.29 is 8.42 Å². The van der Waals surface area contributed by atoms with E-state index in [-0.39, 0.29) is 5.75 Å². The number of H-pyrrole nitrogens is 1. The number of aromatic nitrogens is 4. The van der Waals surface area contributed by atoms with E-state index in [4.69, 9.17) is 0 Å². The van der Waals surface area contributed by atoms with Gasteiger partial charge in [-0.25, -0.2) is 23.1 Å². The van der Waals surface area contributed by atoms with Gasteiger partial charge in [0.25, 0.3) is 0 Å². The predicted octanol–water partition coefficient (Wildman–Crippen LogP) is 1.71. The maximum absolute atomic E-state index is 11.4. The highest BCUT2D eigenvalue weighted by Crippen LogP contribution is 2.24. The summed E-state index contributed by atoms with van der Waals surface area (Å²) in [6.45, 7) is 5.96. The molecule has 3 aromatic rings. The molecular formula is C14H17N5O2S. The van der Waals surface area contributed by atoms with E-state index < -0.39 is 10.0 Å². The van der Waals surface area contributed by atoms with Crippen molar-refractivity contribution in [2.24, 2.45) is 0 Å². The second-order valence-electron chi connectivity index (χ2n) is 4.96. The van der Waals surface area contributed by atoms with Gasteiger partial charge in [-0.1, -0.05) is 6.58 Å². The molecular weight excluding hydrogens is 302 g/mol. The first kappa shape index (κ1) is 14.7. The number of fused-ring (bicyclic) bond motifs is 3. The summed E-state index contributed by atoms with van der Waals surface area (Å²) in [6, 6.07) is 1.94. The van der Waals surface area contributed by atoms with E-state index in [9.17, 15) is 8.42 Å². The normalized spacial score (nSPS) is 12.2. The van der Waals surface area contributed by atoms with Gasteiger partial charge >= 0.3 is 0 Å². The van der Waals surface area contributed by atoms with E-state index in [0.717, 1.165) is 27.8 Å². The molecule has 22 heavy (non-hydrogen) atoms. The van der Waals surface area contributed by atoms with Crippen LogP contribution in [0.15, 0.2) is 31.4 Å². The molecule has 0 aromatic carbocycles. The van der Waals surface area contributed by atoms with E-state index in [2.05, 4.69) is 26.3 Å². The molecule has 2 N–H and O–H groups in total. The van der Waals surface area contributed by atoms with Crippen LogP contribution in [-0.2, 0) is 10.0 Å². The molecule has 7 nitrogen and oxygen atoms in total. The Balaban J connectivity index is 1.87. The van der Waals surface area contributed by atoms with Crippen LogP contribution >= 0.6 is 0 Å². The van der Waals surface area contributed by atoms with Gasteiger partial charge in [-0.15, -0.1) is 0 Å². The second kappa shape index (κ2) is 5.54. The Bertz CT molecular complexity index is 939. The summed E-state index contributed by atoms with van der Waals surface area (Å²) in [6.07, 6.45) is 5.72. The number of sulfonamides is 1. The Morgan fingerprint density at radius 1 is 1.45 bits per heavy atom. The lowest BCUT2D eigenvalue weighted by Gasteiger charge is -2.09. The fourth-order valence-corrected chi connectivity index (χ4v) is 2.94. The number of imidazole rings is 1. The molecule has 0 saturated carbocycles. The van der Waals surface area contributed by atoms with Crippen molar-refractivity contribution >= 4 is 37.8 Å². The lowest BCUT2D eigenvalue weighted by molar-refractivity contribution is 0.583. The lowest BCUT2D eigenvalue weighted by Crippen LogP contribution is -2.26. The number of hydrogen-bond acceptors (Lipinski definition) is 4. The fourth-order valence-electron chi connectivity index (χ4n) is 2.32. The van der Waals surface area contributed by atoms with E-state index in [1.807, 2.05) is 16.8 Å². The van der Waals surface area contributed by atoms with Crippen molar-refractivity contribution in [2.75, 3.05) is 12.3 Å². The molecule has 0 aliphatic carbocycles. The highest BCUT2D eigenvalue weighted by atomic mass is 32.2. The highest BCUT2D eigenvalue weighted by molar-refractivity contribution is 7.89. The number of nitrogens with one attached hydrogen (secondary N) is 2. The summed E-state index contributed by atoms with van der Waals surface area (Å²) >= 11 is 0. The largest absolute Gasteiger partial charge is 0.346 e.